The molecule has 1 heterocycles. The highest BCUT2D eigenvalue weighted by molar-refractivity contribution is 7.92. The summed E-state index contributed by atoms with van der Waals surface area (Å²) in [6.07, 6.45) is 0. The lowest BCUT2D eigenvalue weighted by molar-refractivity contribution is -0.128. The summed E-state index contributed by atoms with van der Waals surface area (Å²) in [5.41, 5.74) is 4.78. The SMILES string of the molecule is NC(=O)CS(=O)(=O)CC(=O)N1CCNCC1. The van der Waals surface area contributed by atoms with Crippen molar-refractivity contribution in [2.75, 3.05) is 37.7 Å². The Morgan fingerprint density at radius 3 is 2.25 bits per heavy atom. The molecule has 1 saturated heterocycles. The second kappa shape index (κ2) is 5.26. The number of hydrogen-bond donors (Lipinski definition) is 2. The van der Waals surface area contributed by atoms with Gasteiger partial charge in [-0.1, -0.05) is 0 Å². The lowest BCUT2D eigenvalue weighted by Crippen LogP contribution is -2.48. The van der Waals surface area contributed by atoms with Crippen LogP contribution in [0.25, 0.3) is 0 Å². The molecule has 0 spiro atoms. The second-order valence-electron chi connectivity index (χ2n) is 3.63. The zero-order valence-electron chi connectivity index (χ0n) is 8.81. The summed E-state index contributed by atoms with van der Waals surface area (Å²) in [6.45, 7) is 2.29. The highest BCUT2D eigenvalue weighted by atomic mass is 32.2. The Morgan fingerprint density at radius 2 is 1.75 bits per heavy atom. The van der Waals surface area contributed by atoms with E-state index in [1.54, 1.807) is 0 Å². The van der Waals surface area contributed by atoms with Crippen LogP contribution in [0.5, 0.6) is 0 Å². The molecule has 0 radical (unpaired) electrons. The molecule has 3 N–H and O–H groups in total. The van der Waals surface area contributed by atoms with Crippen LogP contribution >= 0.6 is 0 Å². The summed E-state index contributed by atoms with van der Waals surface area (Å²) in [5.74, 6) is -2.82. The van der Waals surface area contributed by atoms with Crippen LogP contribution in [0, 0.1) is 0 Å². The molecule has 0 bridgehead atoms. The first-order chi connectivity index (χ1) is 7.41. The Kier molecular flexibility index (Phi) is 4.25. The molecule has 1 aliphatic heterocycles. The summed E-state index contributed by atoms with van der Waals surface area (Å²) >= 11 is 0. The lowest BCUT2D eigenvalue weighted by atomic mass is 10.3. The van der Waals surface area contributed by atoms with Gasteiger partial charge in [0.15, 0.2) is 9.84 Å². The zero-order chi connectivity index (χ0) is 12.2. The van der Waals surface area contributed by atoms with Gasteiger partial charge in [0.2, 0.25) is 11.8 Å². The molecule has 1 fully saturated rings. The standard InChI is InChI=1S/C8H15N3O4S/c9-7(12)5-16(14,15)6-8(13)11-3-1-10-2-4-11/h10H,1-6H2,(H2,9,12). The Labute approximate surface area is 93.9 Å². The molecule has 16 heavy (non-hydrogen) atoms. The first-order valence-electron chi connectivity index (χ1n) is 4.88. The van der Waals surface area contributed by atoms with Crippen molar-refractivity contribution in [3.05, 3.63) is 0 Å². The van der Waals surface area contributed by atoms with E-state index in [0.29, 0.717) is 26.2 Å². The molecule has 0 aromatic heterocycles. The van der Waals surface area contributed by atoms with Gasteiger partial charge < -0.3 is 16.0 Å². The van der Waals surface area contributed by atoms with E-state index in [4.69, 9.17) is 5.73 Å². The molecule has 0 aromatic rings. The number of piperazine rings is 1. The van der Waals surface area contributed by atoms with Crippen molar-refractivity contribution < 1.29 is 18.0 Å². The van der Waals surface area contributed by atoms with E-state index in [9.17, 15) is 18.0 Å². The fraction of sp³-hybridized carbons (Fsp3) is 0.750. The van der Waals surface area contributed by atoms with Gasteiger partial charge in [-0.25, -0.2) is 8.42 Å². The maximum atomic E-state index is 11.6. The number of sulfone groups is 1. The van der Waals surface area contributed by atoms with Crippen molar-refractivity contribution in [2.24, 2.45) is 5.73 Å². The number of nitrogens with one attached hydrogen (secondary N) is 1. The van der Waals surface area contributed by atoms with Crippen molar-refractivity contribution in [1.82, 2.24) is 10.2 Å². The quantitative estimate of drug-likeness (QED) is 0.564. The molecular weight excluding hydrogens is 234 g/mol. The van der Waals surface area contributed by atoms with E-state index >= 15 is 0 Å². The van der Waals surface area contributed by atoms with Gasteiger partial charge >= 0.3 is 0 Å². The summed E-state index contributed by atoms with van der Waals surface area (Å²) in [7, 11) is -3.72. The molecule has 8 heteroatoms. The fourth-order valence-electron chi connectivity index (χ4n) is 1.46. The van der Waals surface area contributed by atoms with Crippen LogP contribution in [0.4, 0.5) is 0 Å². The van der Waals surface area contributed by atoms with Crippen LogP contribution in [0.3, 0.4) is 0 Å². The summed E-state index contributed by atoms with van der Waals surface area (Å²) in [4.78, 5) is 23.5. The molecule has 0 unspecified atom stereocenters. The number of rotatable bonds is 4. The number of nitrogens with zero attached hydrogens (tertiary/aromatic N) is 1. The molecule has 0 aromatic carbocycles. The Morgan fingerprint density at radius 1 is 1.19 bits per heavy atom. The zero-order valence-corrected chi connectivity index (χ0v) is 9.62. The van der Waals surface area contributed by atoms with Gasteiger partial charge in [0.05, 0.1) is 0 Å². The van der Waals surface area contributed by atoms with E-state index in [-0.39, 0.29) is 0 Å². The van der Waals surface area contributed by atoms with Gasteiger partial charge in [-0.15, -0.1) is 0 Å². The molecule has 0 aliphatic carbocycles. The monoisotopic (exact) mass is 249 g/mol. The average Bonchev–Trinajstić information content (AvgIpc) is 2.16. The van der Waals surface area contributed by atoms with E-state index in [2.05, 4.69) is 5.32 Å². The normalized spacial score (nSPS) is 17.1. The molecule has 0 saturated carbocycles. The van der Waals surface area contributed by atoms with Crippen LogP contribution < -0.4 is 11.1 Å². The average molecular weight is 249 g/mol. The predicted molar refractivity (Wildman–Crippen MR) is 57.3 cm³/mol. The third-order valence-corrected chi connectivity index (χ3v) is 3.59. The number of nitrogens with two attached hydrogens (primary N) is 1. The van der Waals surface area contributed by atoms with Gasteiger partial charge in [-0.3, -0.25) is 9.59 Å². The van der Waals surface area contributed by atoms with Crippen molar-refractivity contribution in [1.29, 1.82) is 0 Å². The first kappa shape index (κ1) is 12.9. The predicted octanol–water partition coefficient (Wildman–Crippen LogP) is -2.68. The highest BCUT2D eigenvalue weighted by Gasteiger charge is 2.24. The second-order valence-corrected chi connectivity index (χ2v) is 5.69. The van der Waals surface area contributed by atoms with Crippen LogP contribution in [-0.4, -0.2) is 62.8 Å². The van der Waals surface area contributed by atoms with E-state index in [0.717, 1.165) is 0 Å². The largest absolute Gasteiger partial charge is 0.369 e. The molecular formula is C8H15N3O4S. The van der Waals surface area contributed by atoms with Crippen LogP contribution in [-0.2, 0) is 19.4 Å². The van der Waals surface area contributed by atoms with E-state index < -0.39 is 33.2 Å². The Hall–Kier alpha value is -1.15. The number of hydrogen-bond acceptors (Lipinski definition) is 5. The van der Waals surface area contributed by atoms with Crippen LogP contribution in [0.15, 0.2) is 0 Å². The van der Waals surface area contributed by atoms with Gasteiger partial charge in [-0.2, -0.15) is 0 Å². The fourth-order valence-corrected chi connectivity index (χ4v) is 2.56. The van der Waals surface area contributed by atoms with Gasteiger partial charge in [0.1, 0.15) is 11.5 Å². The van der Waals surface area contributed by atoms with Gasteiger partial charge in [0, 0.05) is 26.2 Å². The summed E-state index contributed by atoms with van der Waals surface area (Å²) in [6, 6.07) is 0. The topological polar surface area (TPSA) is 110 Å². The van der Waals surface area contributed by atoms with Crippen molar-refractivity contribution in [2.45, 2.75) is 0 Å². The smallest absolute Gasteiger partial charge is 0.237 e. The minimum Gasteiger partial charge on any atom is -0.369 e. The molecule has 1 aliphatic rings. The maximum absolute atomic E-state index is 11.6. The molecule has 2 amide bonds. The van der Waals surface area contributed by atoms with E-state index in [1.165, 1.54) is 4.90 Å². The van der Waals surface area contributed by atoms with Crippen molar-refractivity contribution in [3.8, 4) is 0 Å². The number of carbonyl (C=O) groups is 2. The third kappa shape index (κ3) is 4.15. The number of primary amides is 1. The van der Waals surface area contributed by atoms with Gasteiger partial charge in [-0.05, 0) is 0 Å². The van der Waals surface area contributed by atoms with Crippen molar-refractivity contribution in [3.63, 3.8) is 0 Å². The summed E-state index contributed by atoms with van der Waals surface area (Å²) < 4.78 is 22.7. The number of carbonyl (C=O) groups excluding carboxylic acids is 2. The Balaban J connectivity index is 2.52. The van der Waals surface area contributed by atoms with Crippen LogP contribution in [0.2, 0.25) is 0 Å². The third-order valence-electron chi connectivity index (χ3n) is 2.18. The van der Waals surface area contributed by atoms with Crippen molar-refractivity contribution >= 4 is 21.7 Å². The highest BCUT2D eigenvalue weighted by Crippen LogP contribution is 1.98. The minimum absolute atomic E-state index is 0.470. The van der Waals surface area contributed by atoms with Gasteiger partial charge in [0.25, 0.3) is 0 Å². The van der Waals surface area contributed by atoms with Crippen LogP contribution in [0.1, 0.15) is 0 Å². The number of amides is 2. The Bertz CT molecular complexity index is 373. The molecule has 0 atom stereocenters. The maximum Gasteiger partial charge on any atom is 0.237 e. The lowest BCUT2D eigenvalue weighted by Gasteiger charge is -2.27. The first-order valence-corrected chi connectivity index (χ1v) is 6.70. The molecule has 92 valence electrons. The van der Waals surface area contributed by atoms with E-state index in [1.807, 2.05) is 0 Å². The summed E-state index contributed by atoms with van der Waals surface area (Å²) in [5, 5.41) is 3.05. The minimum atomic E-state index is -3.72. The molecule has 7 nitrogen and oxygen atoms in total. The molecule has 1 rings (SSSR count).